The van der Waals surface area contributed by atoms with Gasteiger partial charge in [-0.1, -0.05) is 200 Å². The zero-order valence-corrected chi connectivity index (χ0v) is 39.6. The molecule has 0 aliphatic rings. The number of hydrogen-bond acceptors (Lipinski definition) is 6. The van der Waals surface area contributed by atoms with Gasteiger partial charge in [0.2, 0.25) is 0 Å². The Balaban J connectivity index is 4.41. The molecule has 0 amide bonds. The monoisotopic (exact) mass is 857 g/mol. The van der Waals surface area contributed by atoms with Crippen molar-refractivity contribution in [2.24, 2.45) is 0 Å². The van der Waals surface area contributed by atoms with E-state index in [1.807, 2.05) is 12.2 Å². The number of ether oxygens (including phenoxy) is 3. The fourth-order valence-corrected chi connectivity index (χ4v) is 6.10. The van der Waals surface area contributed by atoms with Crippen LogP contribution in [0.2, 0.25) is 0 Å². The van der Waals surface area contributed by atoms with E-state index < -0.39 is 6.10 Å². The lowest BCUT2D eigenvalue weighted by molar-refractivity contribution is -0.166. The molecule has 0 rings (SSSR count). The average molecular weight is 857 g/mol. The Morgan fingerprint density at radius 3 is 1.08 bits per heavy atom. The molecule has 0 aliphatic carbocycles. The van der Waals surface area contributed by atoms with Gasteiger partial charge in [-0.25, -0.2) is 0 Å². The average Bonchev–Trinajstić information content (AvgIpc) is 3.27. The van der Waals surface area contributed by atoms with Gasteiger partial charge in [0.1, 0.15) is 13.2 Å². The first kappa shape index (κ1) is 57.8. The molecule has 0 saturated heterocycles. The molecule has 6 heteroatoms. The third-order valence-corrected chi connectivity index (χ3v) is 9.73. The number of rotatable bonds is 42. The second kappa shape index (κ2) is 49.5. The largest absolute Gasteiger partial charge is 0.462 e. The van der Waals surface area contributed by atoms with Crippen molar-refractivity contribution in [3.8, 4) is 0 Å². The van der Waals surface area contributed by atoms with E-state index in [4.69, 9.17) is 14.2 Å². The van der Waals surface area contributed by atoms with Crippen LogP contribution >= 0.6 is 0 Å². The van der Waals surface area contributed by atoms with E-state index in [1.54, 1.807) is 0 Å². The summed E-state index contributed by atoms with van der Waals surface area (Å²) >= 11 is 0. The summed E-state index contributed by atoms with van der Waals surface area (Å²) in [6, 6.07) is 0. The summed E-state index contributed by atoms with van der Waals surface area (Å²) in [6.45, 7) is 6.24. The third kappa shape index (κ3) is 46.9. The van der Waals surface area contributed by atoms with Crippen LogP contribution in [0, 0.1) is 0 Å². The molecule has 0 aliphatic heterocycles. The van der Waals surface area contributed by atoms with Crippen molar-refractivity contribution in [1.29, 1.82) is 0 Å². The van der Waals surface area contributed by atoms with Crippen LogP contribution in [0.3, 0.4) is 0 Å². The maximum atomic E-state index is 12.7. The number of allylic oxidation sites excluding steroid dienone is 20. The second-order valence-corrected chi connectivity index (χ2v) is 15.6. The molecule has 348 valence electrons. The lowest BCUT2D eigenvalue weighted by Gasteiger charge is -2.18. The first-order valence-corrected chi connectivity index (χ1v) is 24.5. The van der Waals surface area contributed by atoms with Gasteiger partial charge in [0.05, 0.1) is 0 Å². The first-order valence-electron chi connectivity index (χ1n) is 24.5. The molecule has 6 nitrogen and oxygen atoms in total. The minimum Gasteiger partial charge on any atom is -0.462 e. The molecule has 0 saturated carbocycles. The molecular weight excluding hydrogens is 769 g/mol. The maximum absolute atomic E-state index is 12.7. The highest BCUT2D eigenvalue weighted by atomic mass is 16.6. The summed E-state index contributed by atoms with van der Waals surface area (Å²) in [5, 5.41) is 0. The maximum Gasteiger partial charge on any atom is 0.306 e. The van der Waals surface area contributed by atoms with Gasteiger partial charge in [-0.05, 0) is 96.3 Å². The van der Waals surface area contributed by atoms with Crippen LogP contribution in [0.1, 0.15) is 194 Å². The molecule has 0 aromatic rings. The zero-order valence-electron chi connectivity index (χ0n) is 39.6. The van der Waals surface area contributed by atoms with Crippen LogP contribution in [0.25, 0.3) is 0 Å². The minimum atomic E-state index is -0.816. The van der Waals surface area contributed by atoms with Crippen LogP contribution < -0.4 is 0 Å². The van der Waals surface area contributed by atoms with Crippen molar-refractivity contribution >= 4 is 17.9 Å². The third-order valence-electron chi connectivity index (χ3n) is 9.73. The van der Waals surface area contributed by atoms with Gasteiger partial charge in [-0.15, -0.1) is 0 Å². The molecule has 1 unspecified atom stereocenters. The van der Waals surface area contributed by atoms with E-state index in [0.29, 0.717) is 19.3 Å². The quantitative estimate of drug-likeness (QED) is 0.0263. The van der Waals surface area contributed by atoms with Crippen molar-refractivity contribution < 1.29 is 28.6 Å². The lowest BCUT2D eigenvalue weighted by atomic mass is 10.1. The molecule has 0 radical (unpaired) electrons. The van der Waals surface area contributed by atoms with E-state index in [1.165, 1.54) is 32.1 Å². The molecule has 0 aromatic heterocycles. The highest BCUT2D eigenvalue weighted by Crippen LogP contribution is 2.12. The molecule has 0 heterocycles. The van der Waals surface area contributed by atoms with E-state index in [-0.39, 0.29) is 37.5 Å². The van der Waals surface area contributed by atoms with Crippen molar-refractivity contribution in [3.05, 3.63) is 122 Å². The Morgan fingerprint density at radius 1 is 0.339 bits per heavy atom. The Hall–Kier alpha value is -4.19. The van der Waals surface area contributed by atoms with Crippen LogP contribution in [0.4, 0.5) is 0 Å². The minimum absolute atomic E-state index is 0.111. The summed E-state index contributed by atoms with van der Waals surface area (Å²) in [5.41, 5.74) is 0. The van der Waals surface area contributed by atoms with E-state index >= 15 is 0 Å². The molecule has 1 atom stereocenters. The number of carbonyl (C=O) groups is 3. The summed E-state index contributed by atoms with van der Waals surface area (Å²) in [5.74, 6) is -1.03. The Morgan fingerprint density at radius 2 is 0.661 bits per heavy atom. The van der Waals surface area contributed by atoms with Gasteiger partial charge < -0.3 is 14.2 Å². The van der Waals surface area contributed by atoms with Crippen molar-refractivity contribution in [1.82, 2.24) is 0 Å². The standard InChI is InChI=1S/C56H88O6/c1-4-7-10-13-16-18-20-22-24-26-28-30-32-34-36-38-40-43-46-49-55(58)61-52-53(51-60-54(57)48-45-42-15-12-9-6-3)62-56(59)50-47-44-41-39-37-35-33-31-29-27-25-23-21-19-17-14-11-8-5-2/h7-8,10-11,16-19,22-25,28-31,34,36,40,43,53H,4-6,9,12-15,20-21,26-27,32-33,35,37-39,41-42,44-52H2,1-3H3/b10-7-,11-8-,18-16-,19-17-,24-22-,25-23-,30-28-,31-29-,36-34-,43-40-. The van der Waals surface area contributed by atoms with Gasteiger partial charge in [0.15, 0.2) is 6.10 Å². The van der Waals surface area contributed by atoms with Crippen molar-refractivity contribution in [2.75, 3.05) is 13.2 Å². The van der Waals surface area contributed by atoms with Gasteiger partial charge in [-0.3, -0.25) is 14.4 Å². The van der Waals surface area contributed by atoms with Crippen LogP contribution in [-0.4, -0.2) is 37.2 Å². The first-order chi connectivity index (χ1) is 30.5. The zero-order chi connectivity index (χ0) is 45.1. The Labute approximate surface area is 380 Å². The van der Waals surface area contributed by atoms with Gasteiger partial charge in [0, 0.05) is 19.3 Å². The fourth-order valence-electron chi connectivity index (χ4n) is 6.10. The molecule has 0 bridgehead atoms. The van der Waals surface area contributed by atoms with Crippen molar-refractivity contribution in [2.45, 2.75) is 200 Å². The summed E-state index contributed by atoms with van der Waals surface area (Å²) in [6.07, 6.45) is 67.9. The fraction of sp³-hybridized carbons (Fsp3) is 0.589. The highest BCUT2D eigenvalue weighted by Gasteiger charge is 2.19. The summed E-state index contributed by atoms with van der Waals surface area (Å²) < 4.78 is 16.6. The van der Waals surface area contributed by atoms with Crippen LogP contribution in [0.5, 0.6) is 0 Å². The Kier molecular flexibility index (Phi) is 46.1. The van der Waals surface area contributed by atoms with Crippen LogP contribution in [-0.2, 0) is 28.6 Å². The van der Waals surface area contributed by atoms with Gasteiger partial charge in [0.25, 0.3) is 0 Å². The van der Waals surface area contributed by atoms with E-state index in [0.717, 1.165) is 116 Å². The van der Waals surface area contributed by atoms with Crippen molar-refractivity contribution in [3.63, 3.8) is 0 Å². The van der Waals surface area contributed by atoms with Crippen LogP contribution in [0.15, 0.2) is 122 Å². The molecule has 0 N–H and O–H groups in total. The normalized spacial score (nSPS) is 13.1. The van der Waals surface area contributed by atoms with E-state index in [9.17, 15) is 14.4 Å². The molecule has 0 fully saturated rings. The molecule has 0 aromatic carbocycles. The SMILES string of the molecule is CC/C=C\C/C=C\C/C=C\C/C=C\C/C=C\C/C=C\CCC(=O)OCC(COC(=O)CCCCCCCC)OC(=O)CCCCCCCC/C=C\C/C=C\C/C=C\C/C=C\CC. The van der Waals surface area contributed by atoms with Gasteiger partial charge >= 0.3 is 17.9 Å². The highest BCUT2D eigenvalue weighted by molar-refractivity contribution is 5.71. The predicted octanol–water partition coefficient (Wildman–Crippen LogP) is 16.1. The number of carbonyl (C=O) groups excluding carboxylic acids is 3. The van der Waals surface area contributed by atoms with E-state index in [2.05, 4.69) is 130 Å². The topological polar surface area (TPSA) is 78.9 Å². The molecular formula is C56H88O6. The smallest absolute Gasteiger partial charge is 0.306 e. The number of esters is 3. The number of unbranched alkanes of at least 4 members (excludes halogenated alkanes) is 11. The summed E-state index contributed by atoms with van der Waals surface area (Å²) in [7, 11) is 0. The second-order valence-electron chi connectivity index (χ2n) is 15.6. The molecule has 62 heavy (non-hydrogen) atoms. The predicted molar refractivity (Wildman–Crippen MR) is 265 cm³/mol. The van der Waals surface area contributed by atoms with Gasteiger partial charge in [-0.2, -0.15) is 0 Å². The Bertz CT molecular complexity index is 1350. The number of hydrogen-bond donors (Lipinski definition) is 0. The molecule has 0 spiro atoms. The summed E-state index contributed by atoms with van der Waals surface area (Å²) in [4.78, 5) is 37.7. The lowest BCUT2D eigenvalue weighted by Crippen LogP contribution is -2.30.